The highest BCUT2D eigenvalue weighted by atomic mass is 32.1. The lowest BCUT2D eigenvalue weighted by Crippen LogP contribution is -2.51. The maximum Gasteiger partial charge on any atom is 0.257 e. The Hall–Kier alpha value is -3.17. The topological polar surface area (TPSA) is 82.5 Å². The molecule has 1 saturated heterocycles. The van der Waals surface area contributed by atoms with E-state index >= 15 is 0 Å². The van der Waals surface area contributed by atoms with Gasteiger partial charge in [-0.15, -0.1) is 11.3 Å². The van der Waals surface area contributed by atoms with Gasteiger partial charge in [0.15, 0.2) is 0 Å². The average molecular weight is 467 g/mol. The van der Waals surface area contributed by atoms with Gasteiger partial charge in [-0.2, -0.15) is 5.10 Å². The first-order valence-corrected chi connectivity index (χ1v) is 11.9. The second-order valence-electron chi connectivity index (χ2n) is 8.39. The number of carbonyl (C=O) groups excluding carboxylic acids is 2. The first-order valence-electron chi connectivity index (χ1n) is 11.0. The number of hydrazone groups is 1. The highest BCUT2D eigenvalue weighted by molar-refractivity contribution is 7.10. The summed E-state index contributed by atoms with van der Waals surface area (Å²) in [6, 6.07) is 9.41. The van der Waals surface area contributed by atoms with Crippen molar-refractivity contribution in [1.29, 1.82) is 0 Å². The Bertz CT molecular complexity index is 1160. The maximum atomic E-state index is 13.3. The summed E-state index contributed by atoms with van der Waals surface area (Å²) in [5.74, 6) is 2.02. The summed E-state index contributed by atoms with van der Waals surface area (Å²) in [7, 11) is 0. The van der Waals surface area contributed by atoms with Crippen LogP contribution >= 0.6 is 11.3 Å². The molecule has 2 aliphatic heterocycles. The van der Waals surface area contributed by atoms with Gasteiger partial charge >= 0.3 is 0 Å². The molecule has 3 aromatic rings. The molecule has 1 atom stereocenters. The first-order chi connectivity index (χ1) is 16.0. The molecule has 3 aromatic heterocycles. The molecule has 2 aliphatic rings. The summed E-state index contributed by atoms with van der Waals surface area (Å²) >= 11 is 1.63. The molecule has 1 fully saturated rings. The van der Waals surface area contributed by atoms with E-state index in [1.54, 1.807) is 28.7 Å². The Kier molecular flexibility index (Phi) is 5.90. The van der Waals surface area contributed by atoms with E-state index in [0.717, 1.165) is 16.3 Å². The van der Waals surface area contributed by atoms with Crippen molar-refractivity contribution >= 4 is 28.9 Å². The zero-order chi connectivity index (χ0) is 22.9. The molecule has 5 rings (SSSR count). The van der Waals surface area contributed by atoms with Gasteiger partial charge < -0.3 is 13.7 Å². The molecule has 2 amide bonds. The van der Waals surface area contributed by atoms with Gasteiger partial charge in [-0.05, 0) is 43.5 Å². The third-order valence-electron chi connectivity index (χ3n) is 6.13. The van der Waals surface area contributed by atoms with Crippen LogP contribution in [0.3, 0.4) is 0 Å². The van der Waals surface area contributed by atoms with Crippen LogP contribution in [0.4, 0.5) is 0 Å². The predicted octanol–water partition coefficient (Wildman–Crippen LogP) is 3.69. The van der Waals surface area contributed by atoms with E-state index in [1.165, 1.54) is 0 Å². The van der Waals surface area contributed by atoms with E-state index < -0.39 is 0 Å². The molecule has 0 radical (unpaired) electrons. The maximum absolute atomic E-state index is 13.3. The van der Waals surface area contributed by atoms with E-state index in [4.69, 9.17) is 8.83 Å². The first kappa shape index (κ1) is 21.7. The summed E-state index contributed by atoms with van der Waals surface area (Å²) in [6.07, 6.45) is 2.25. The summed E-state index contributed by atoms with van der Waals surface area (Å²) in [6.45, 7) is 6.35. The van der Waals surface area contributed by atoms with Crippen LogP contribution in [0, 0.1) is 13.8 Å². The minimum atomic E-state index is -0.118. The molecule has 0 saturated carbocycles. The summed E-state index contributed by atoms with van der Waals surface area (Å²) in [5.41, 5.74) is 1.40. The molecule has 0 aliphatic carbocycles. The third-order valence-corrected chi connectivity index (χ3v) is 7.11. The zero-order valence-corrected chi connectivity index (χ0v) is 19.5. The van der Waals surface area contributed by atoms with Crippen LogP contribution in [-0.4, -0.2) is 65.1 Å². The molecule has 8 nitrogen and oxygen atoms in total. The number of thiophene rings is 1. The van der Waals surface area contributed by atoms with Crippen LogP contribution in [0.2, 0.25) is 0 Å². The lowest BCUT2D eigenvalue weighted by molar-refractivity contribution is -0.134. The van der Waals surface area contributed by atoms with Crippen LogP contribution in [0.1, 0.15) is 45.0 Å². The molecule has 172 valence electrons. The number of aryl methyl sites for hydroxylation is 2. The number of rotatable bonds is 5. The number of hydrogen-bond acceptors (Lipinski definition) is 7. The number of amides is 2. The molecule has 0 N–H and O–H groups in total. The third kappa shape index (κ3) is 4.38. The second kappa shape index (κ2) is 8.99. The van der Waals surface area contributed by atoms with E-state index in [1.807, 2.05) is 48.4 Å². The molecule has 33 heavy (non-hydrogen) atoms. The van der Waals surface area contributed by atoms with Gasteiger partial charge in [-0.1, -0.05) is 6.07 Å². The molecular weight excluding hydrogens is 440 g/mol. The number of furan rings is 2. The van der Waals surface area contributed by atoms with Gasteiger partial charge in [0.1, 0.15) is 23.0 Å². The van der Waals surface area contributed by atoms with Crippen LogP contribution in [0.5, 0.6) is 0 Å². The van der Waals surface area contributed by atoms with Crippen molar-refractivity contribution < 1.29 is 18.4 Å². The fourth-order valence-electron chi connectivity index (χ4n) is 4.42. The van der Waals surface area contributed by atoms with Crippen molar-refractivity contribution in [3.63, 3.8) is 0 Å². The average Bonchev–Trinajstić information content (AvgIpc) is 3.59. The molecule has 1 unspecified atom stereocenters. The Labute approximate surface area is 196 Å². The van der Waals surface area contributed by atoms with E-state index in [9.17, 15) is 9.59 Å². The monoisotopic (exact) mass is 466 g/mol. The minimum Gasteiger partial charge on any atom is -0.466 e. The Balaban J connectivity index is 1.23. The van der Waals surface area contributed by atoms with Gasteiger partial charge in [0.05, 0.1) is 24.4 Å². The molecule has 0 bridgehead atoms. The van der Waals surface area contributed by atoms with E-state index in [-0.39, 0.29) is 24.4 Å². The fourth-order valence-corrected chi connectivity index (χ4v) is 5.23. The number of carbonyl (C=O) groups is 2. The predicted molar refractivity (Wildman–Crippen MR) is 124 cm³/mol. The highest BCUT2D eigenvalue weighted by Crippen LogP contribution is 2.35. The Morgan fingerprint density at radius 1 is 1.15 bits per heavy atom. The van der Waals surface area contributed by atoms with E-state index in [2.05, 4.69) is 10.0 Å². The van der Waals surface area contributed by atoms with Gasteiger partial charge in [0, 0.05) is 37.5 Å². The van der Waals surface area contributed by atoms with Gasteiger partial charge in [0.2, 0.25) is 0 Å². The summed E-state index contributed by atoms with van der Waals surface area (Å²) in [4.78, 5) is 31.1. The smallest absolute Gasteiger partial charge is 0.257 e. The molecule has 0 aromatic carbocycles. The van der Waals surface area contributed by atoms with Crippen molar-refractivity contribution in [1.82, 2.24) is 14.8 Å². The van der Waals surface area contributed by atoms with Crippen molar-refractivity contribution in [2.75, 3.05) is 32.7 Å². The molecule has 9 heteroatoms. The summed E-state index contributed by atoms with van der Waals surface area (Å²) in [5, 5.41) is 8.27. The Morgan fingerprint density at radius 3 is 2.61 bits per heavy atom. The summed E-state index contributed by atoms with van der Waals surface area (Å²) < 4.78 is 11.0. The quantitative estimate of drug-likeness (QED) is 0.573. The minimum absolute atomic E-state index is 0.0136. The van der Waals surface area contributed by atoms with Crippen LogP contribution < -0.4 is 0 Å². The van der Waals surface area contributed by atoms with Crippen LogP contribution in [-0.2, 0) is 4.79 Å². The number of hydrogen-bond donors (Lipinski definition) is 0. The van der Waals surface area contributed by atoms with Crippen molar-refractivity contribution in [3.05, 3.63) is 69.7 Å². The molecular formula is C24H26N4O4S. The number of nitrogens with zero attached hydrogens (tertiary/aromatic N) is 4. The van der Waals surface area contributed by atoms with Crippen molar-refractivity contribution in [2.24, 2.45) is 5.10 Å². The van der Waals surface area contributed by atoms with E-state index in [0.29, 0.717) is 49.7 Å². The zero-order valence-electron chi connectivity index (χ0n) is 18.7. The lowest BCUT2D eigenvalue weighted by Gasteiger charge is -2.35. The SMILES string of the molecule is Cc1cc(C(=O)N2CCN(CC(=O)N3N=C(c4ccco4)CC3c3cccs3)CC2)c(C)o1. The normalized spacial score (nSPS) is 19.2. The highest BCUT2D eigenvalue weighted by Gasteiger charge is 2.35. The second-order valence-corrected chi connectivity index (χ2v) is 9.37. The molecule has 5 heterocycles. The van der Waals surface area contributed by atoms with Crippen molar-refractivity contribution in [3.8, 4) is 0 Å². The number of piperazine rings is 1. The fraction of sp³-hybridized carbons (Fsp3) is 0.375. The van der Waals surface area contributed by atoms with Gasteiger partial charge in [0.25, 0.3) is 11.8 Å². The standard InChI is InChI=1S/C24H26N4O4S/c1-16-13-18(17(2)32-16)24(30)27-9-7-26(8-10-27)15-23(29)28-20(22-6-4-12-33-22)14-19(25-28)21-5-3-11-31-21/h3-6,11-13,20H,7-10,14-15H2,1-2H3. The van der Waals surface area contributed by atoms with Gasteiger partial charge in [-0.25, -0.2) is 5.01 Å². The lowest BCUT2D eigenvalue weighted by atomic mass is 10.1. The van der Waals surface area contributed by atoms with Crippen LogP contribution in [0.15, 0.2) is 55.9 Å². The van der Waals surface area contributed by atoms with Crippen molar-refractivity contribution in [2.45, 2.75) is 26.3 Å². The largest absolute Gasteiger partial charge is 0.466 e. The Morgan fingerprint density at radius 2 is 1.97 bits per heavy atom. The van der Waals surface area contributed by atoms with Gasteiger partial charge in [-0.3, -0.25) is 14.5 Å². The van der Waals surface area contributed by atoms with Crippen LogP contribution in [0.25, 0.3) is 0 Å². The molecule has 0 spiro atoms.